The zero-order chi connectivity index (χ0) is 10.6. The minimum atomic E-state index is 0.760. The van der Waals surface area contributed by atoms with Crippen molar-refractivity contribution in [1.82, 2.24) is 9.97 Å². The van der Waals surface area contributed by atoms with E-state index in [1.165, 1.54) is 11.3 Å². The lowest BCUT2D eigenvalue weighted by molar-refractivity contribution is 0.927. The van der Waals surface area contributed by atoms with E-state index in [1.54, 1.807) is 0 Å². The van der Waals surface area contributed by atoms with Crippen LogP contribution in [-0.2, 0) is 12.2 Å². The third-order valence-electron chi connectivity index (χ3n) is 2.08. The van der Waals surface area contributed by atoms with Gasteiger partial charge in [0.15, 0.2) is 0 Å². The quantitative estimate of drug-likeness (QED) is 0.802. The fourth-order valence-corrected chi connectivity index (χ4v) is 2.30. The van der Waals surface area contributed by atoms with Crippen molar-refractivity contribution < 1.29 is 0 Å². The highest BCUT2D eigenvalue weighted by atomic mass is 32.2. The van der Waals surface area contributed by atoms with Crippen LogP contribution in [0.3, 0.4) is 0 Å². The van der Waals surface area contributed by atoms with Gasteiger partial charge >= 0.3 is 0 Å². The maximum absolute atomic E-state index is 5.24. The van der Waals surface area contributed by atoms with Gasteiger partial charge in [-0.3, -0.25) is 0 Å². The van der Waals surface area contributed by atoms with E-state index < -0.39 is 0 Å². The third-order valence-corrected chi connectivity index (χ3v) is 3.30. The van der Waals surface area contributed by atoms with Gasteiger partial charge in [-0.1, -0.05) is 26.1 Å². The Labute approximate surface area is 94.5 Å². The van der Waals surface area contributed by atoms with Crippen LogP contribution < -0.4 is 0 Å². The molecular weight excluding hydrogens is 212 g/mol. The predicted octanol–water partition coefficient (Wildman–Crippen LogP) is 3.26. The topological polar surface area (TPSA) is 28.7 Å². The lowest BCUT2D eigenvalue weighted by Crippen LogP contribution is -2.01. The predicted molar refractivity (Wildman–Crippen MR) is 65.4 cm³/mol. The van der Waals surface area contributed by atoms with Crippen LogP contribution in [0, 0.1) is 11.6 Å². The second-order valence-electron chi connectivity index (χ2n) is 3.08. The molecule has 0 saturated heterocycles. The normalized spacial score (nSPS) is 10.5. The summed E-state index contributed by atoms with van der Waals surface area (Å²) < 4.78 is 0.760. The molecule has 0 spiro atoms. The average Bonchev–Trinajstić information content (AvgIpc) is 2.14. The van der Waals surface area contributed by atoms with Gasteiger partial charge in [-0.2, -0.15) is 11.8 Å². The van der Waals surface area contributed by atoms with E-state index in [-0.39, 0.29) is 0 Å². The van der Waals surface area contributed by atoms with E-state index in [4.69, 9.17) is 12.2 Å². The molecule has 2 nitrogen and oxygen atoms in total. The van der Waals surface area contributed by atoms with Crippen molar-refractivity contribution in [3.05, 3.63) is 21.7 Å². The molecule has 1 aromatic heterocycles. The van der Waals surface area contributed by atoms with Crippen molar-refractivity contribution in [3.8, 4) is 0 Å². The molecule has 0 saturated carbocycles. The van der Waals surface area contributed by atoms with E-state index in [0.29, 0.717) is 0 Å². The number of aromatic nitrogens is 2. The smallest absolute Gasteiger partial charge is 0.133 e. The fourth-order valence-electron chi connectivity index (χ4n) is 1.35. The Hall–Kier alpha value is -0.350. The van der Waals surface area contributed by atoms with Crippen LogP contribution in [0.25, 0.3) is 0 Å². The molecule has 0 atom stereocenters. The van der Waals surface area contributed by atoms with Gasteiger partial charge < -0.3 is 4.98 Å². The van der Waals surface area contributed by atoms with Gasteiger partial charge in [0.2, 0.25) is 0 Å². The number of nitrogens with zero attached hydrogens (tertiary/aromatic N) is 1. The van der Waals surface area contributed by atoms with E-state index >= 15 is 0 Å². The van der Waals surface area contributed by atoms with Crippen molar-refractivity contribution in [1.29, 1.82) is 0 Å². The van der Waals surface area contributed by atoms with Gasteiger partial charge in [-0.15, -0.1) is 0 Å². The molecular formula is C10H16N2S2. The molecule has 0 bridgehead atoms. The van der Waals surface area contributed by atoms with Gasteiger partial charge in [-0.05, 0) is 19.1 Å². The summed E-state index contributed by atoms with van der Waals surface area (Å²) >= 11 is 7.09. The lowest BCUT2D eigenvalue weighted by atomic mass is 10.2. The minimum absolute atomic E-state index is 0.760. The van der Waals surface area contributed by atoms with Crippen LogP contribution in [0.5, 0.6) is 0 Å². The number of nitrogens with one attached hydrogen (secondary N) is 1. The van der Waals surface area contributed by atoms with E-state index in [0.717, 1.165) is 28.4 Å². The number of rotatable bonds is 4. The van der Waals surface area contributed by atoms with Gasteiger partial charge in [0, 0.05) is 11.3 Å². The van der Waals surface area contributed by atoms with Crippen molar-refractivity contribution in [2.24, 2.45) is 0 Å². The summed E-state index contributed by atoms with van der Waals surface area (Å²) in [5.74, 6) is 3.03. The van der Waals surface area contributed by atoms with Crippen molar-refractivity contribution in [2.75, 3.05) is 5.75 Å². The number of aryl methyl sites for hydroxylation is 1. The summed E-state index contributed by atoms with van der Waals surface area (Å²) in [6.45, 7) is 6.32. The number of thioether (sulfide) groups is 1. The molecule has 0 aromatic carbocycles. The van der Waals surface area contributed by atoms with Crippen molar-refractivity contribution in [2.45, 2.75) is 32.9 Å². The first-order valence-electron chi connectivity index (χ1n) is 4.85. The molecule has 78 valence electrons. The van der Waals surface area contributed by atoms with Crippen molar-refractivity contribution in [3.63, 3.8) is 0 Å². The number of hydrogen-bond acceptors (Lipinski definition) is 3. The SMILES string of the molecule is CCSCc1nc(=S)c(CC)c(C)[nH]1. The minimum Gasteiger partial charge on any atom is -0.346 e. The van der Waals surface area contributed by atoms with Gasteiger partial charge in [0.25, 0.3) is 0 Å². The maximum Gasteiger partial charge on any atom is 0.133 e. The summed E-state index contributed by atoms with van der Waals surface area (Å²) in [6.07, 6.45) is 0.954. The second-order valence-corrected chi connectivity index (χ2v) is 4.74. The Morgan fingerprint density at radius 3 is 2.64 bits per heavy atom. The summed E-state index contributed by atoms with van der Waals surface area (Å²) in [5.41, 5.74) is 2.34. The molecule has 1 heterocycles. The lowest BCUT2D eigenvalue weighted by Gasteiger charge is -2.06. The Bertz CT molecular complexity index is 358. The first-order valence-corrected chi connectivity index (χ1v) is 6.41. The van der Waals surface area contributed by atoms with Crippen LogP contribution in [0.4, 0.5) is 0 Å². The largest absolute Gasteiger partial charge is 0.346 e. The molecule has 0 unspecified atom stereocenters. The number of H-pyrrole nitrogens is 1. The molecule has 1 aromatic rings. The summed E-state index contributed by atoms with van der Waals surface area (Å²) in [7, 11) is 0. The van der Waals surface area contributed by atoms with E-state index in [9.17, 15) is 0 Å². The Morgan fingerprint density at radius 1 is 1.43 bits per heavy atom. The van der Waals surface area contributed by atoms with E-state index in [1.807, 2.05) is 11.8 Å². The zero-order valence-electron chi connectivity index (χ0n) is 8.89. The number of aromatic amines is 1. The van der Waals surface area contributed by atoms with Crippen molar-refractivity contribution >= 4 is 24.0 Å². The first kappa shape index (κ1) is 11.7. The molecule has 0 aliphatic rings. The average molecular weight is 228 g/mol. The summed E-state index contributed by atoms with van der Waals surface area (Å²) in [6, 6.07) is 0. The highest BCUT2D eigenvalue weighted by Gasteiger charge is 2.02. The molecule has 14 heavy (non-hydrogen) atoms. The Balaban J connectivity index is 2.96. The summed E-state index contributed by atoms with van der Waals surface area (Å²) in [4.78, 5) is 7.68. The summed E-state index contributed by atoms with van der Waals surface area (Å²) in [5, 5.41) is 0. The van der Waals surface area contributed by atoms with Gasteiger partial charge in [0.05, 0.1) is 5.75 Å². The molecule has 0 amide bonds. The van der Waals surface area contributed by atoms with E-state index in [2.05, 4.69) is 30.7 Å². The molecule has 1 N–H and O–H groups in total. The Kier molecular flexibility index (Phi) is 4.62. The molecule has 0 radical (unpaired) electrons. The monoisotopic (exact) mass is 228 g/mol. The number of hydrogen-bond donors (Lipinski definition) is 1. The fraction of sp³-hybridized carbons (Fsp3) is 0.600. The first-order chi connectivity index (χ1) is 6.69. The standard InChI is InChI=1S/C10H16N2S2/c1-4-8-7(3)11-9(6-14-5-2)12-10(8)13/h4-6H2,1-3H3,(H,11,12,13). The Morgan fingerprint density at radius 2 is 2.14 bits per heavy atom. The van der Waals surface area contributed by atoms with Crippen LogP contribution in [-0.4, -0.2) is 15.7 Å². The second kappa shape index (κ2) is 5.51. The van der Waals surface area contributed by atoms with Crippen LogP contribution in [0.2, 0.25) is 0 Å². The van der Waals surface area contributed by atoms with Crippen LogP contribution in [0.1, 0.15) is 30.9 Å². The highest BCUT2D eigenvalue weighted by Crippen LogP contribution is 2.12. The molecule has 0 fully saturated rings. The van der Waals surface area contributed by atoms with Crippen LogP contribution in [0.15, 0.2) is 0 Å². The maximum atomic E-state index is 5.24. The van der Waals surface area contributed by atoms with Gasteiger partial charge in [0.1, 0.15) is 10.5 Å². The third kappa shape index (κ3) is 2.82. The molecule has 4 heteroatoms. The zero-order valence-corrected chi connectivity index (χ0v) is 10.5. The molecule has 0 aliphatic heterocycles. The molecule has 1 rings (SSSR count). The van der Waals surface area contributed by atoms with Gasteiger partial charge in [-0.25, -0.2) is 4.98 Å². The highest BCUT2D eigenvalue weighted by molar-refractivity contribution is 7.98. The van der Waals surface area contributed by atoms with Crippen LogP contribution >= 0.6 is 24.0 Å². The molecule has 0 aliphatic carbocycles.